The summed E-state index contributed by atoms with van der Waals surface area (Å²) in [5.74, 6) is 3.56. The Morgan fingerprint density at radius 1 is 1.16 bits per heavy atom. The predicted molar refractivity (Wildman–Crippen MR) is 126 cm³/mol. The maximum Gasteiger partial charge on any atom is 0.332 e. The molecule has 6 nitrogen and oxygen atoms in total. The van der Waals surface area contributed by atoms with E-state index < -0.39 is 6.03 Å². The van der Waals surface area contributed by atoms with Crippen LogP contribution in [-0.2, 0) is 9.53 Å². The molecule has 0 bridgehead atoms. The first-order valence-electron chi connectivity index (χ1n) is 12.9. The van der Waals surface area contributed by atoms with Crippen LogP contribution in [0.2, 0.25) is 0 Å². The summed E-state index contributed by atoms with van der Waals surface area (Å²) in [5, 5.41) is 4.70. The Morgan fingerprint density at radius 2 is 1.94 bits per heavy atom. The standard InChI is InChI=1S/C26H43N3O3/c1-16(8-13-23(30)32-4)19-11-12-20-18-10-9-17-7-5-6-14-25(17,2)21(18)15-22(26(19,20)3)28-29-24(27)31/h16-21H,5-15H2,1-4H3,(H3,27,29,31)/b28-22-/t16-,17-,18+,19+,20-,21+,25-,26+/m0/s1. The van der Waals surface area contributed by atoms with Crippen molar-refractivity contribution < 1.29 is 14.3 Å². The normalized spacial score (nSPS) is 43.0. The zero-order chi connectivity index (χ0) is 23.1. The van der Waals surface area contributed by atoms with Crippen molar-refractivity contribution in [2.45, 2.75) is 91.4 Å². The van der Waals surface area contributed by atoms with E-state index >= 15 is 0 Å². The maximum atomic E-state index is 11.8. The SMILES string of the molecule is COC(=O)CC[C@H](C)[C@H]1CC[C@H]2[C@H]3CC[C@@H]4CCCC[C@]4(C)[C@@H]3C/C(=N/NC(N)=O)[C@]12C. The van der Waals surface area contributed by atoms with Gasteiger partial charge in [-0.1, -0.05) is 33.6 Å². The Kier molecular flexibility index (Phi) is 6.61. The van der Waals surface area contributed by atoms with Crippen molar-refractivity contribution in [1.29, 1.82) is 0 Å². The Hall–Kier alpha value is -1.59. The lowest BCUT2D eigenvalue weighted by molar-refractivity contribution is -0.141. The number of esters is 1. The molecule has 8 atom stereocenters. The van der Waals surface area contributed by atoms with Gasteiger partial charge >= 0.3 is 12.0 Å². The Balaban J connectivity index is 1.65. The number of hydrogen-bond acceptors (Lipinski definition) is 4. The van der Waals surface area contributed by atoms with Gasteiger partial charge in [-0.3, -0.25) is 4.79 Å². The number of nitrogens with zero attached hydrogens (tertiary/aromatic N) is 1. The van der Waals surface area contributed by atoms with Crippen molar-refractivity contribution in [2.24, 2.45) is 57.2 Å². The molecule has 4 rings (SSSR count). The van der Waals surface area contributed by atoms with E-state index in [1.54, 1.807) is 0 Å². The molecule has 0 radical (unpaired) electrons. The van der Waals surface area contributed by atoms with Gasteiger partial charge in [-0.25, -0.2) is 10.2 Å². The molecule has 4 aliphatic rings. The predicted octanol–water partition coefficient (Wildman–Crippen LogP) is 5.26. The second kappa shape index (κ2) is 8.98. The van der Waals surface area contributed by atoms with Gasteiger partial charge < -0.3 is 10.5 Å². The molecule has 0 aliphatic heterocycles. The number of urea groups is 1. The van der Waals surface area contributed by atoms with E-state index in [0.717, 1.165) is 30.4 Å². The smallest absolute Gasteiger partial charge is 0.332 e. The lowest BCUT2D eigenvalue weighted by atomic mass is 9.44. The summed E-state index contributed by atoms with van der Waals surface area (Å²) in [6.45, 7) is 7.24. The van der Waals surface area contributed by atoms with Crippen LogP contribution in [-0.4, -0.2) is 24.8 Å². The molecule has 32 heavy (non-hydrogen) atoms. The minimum Gasteiger partial charge on any atom is -0.469 e. The van der Waals surface area contributed by atoms with Crippen molar-refractivity contribution in [3.05, 3.63) is 0 Å². The van der Waals surface area contributed by atoms with Crippen LogP contribution in [0.4, 0.5) is 4.79 Å². The summed E-state index contributed by atoms with van der Waals surface area (Å²) in [4.78, 5) is 23.4. The van der Waals surface area contributed by atoms with Crippen LogP contribution < -0.4 is 11.2 Å². The van der Waals surface area contributed by atoms with E-state index in [4.69, 9.17) is 15.6 Å². The van der Waals surface area contributed by atoms with Gasteiger partial charge in [-0.15, -0.1) is 0 Å². The molecule has 0 aromatic heterocycles. The molecule has 0 heterocycles. The highest BCUT2D eigenvalue weighted by molar-refractivity contribution is 5.93. The minimum atomic E-state index is -0.585. The number of amides is 2. The Bertz CT molecular complexity index is 767. The summed E-state index contributed by atoms with van der Waals surface area (Å²) in [6, 6.07) is -0.585. The average molecular weight is 446 g/mol. The second-order valence-corrected chi connectivity index (χ2v) is 11.7. The van der Waals surface area contributed by atoms with Crippen molar-refractivity contribution in [1.82, 2.24) is 5.43 Å². The number of fused-ring (bicyclic) bond motifs is 5. The molecule has 0 spiro atoms. The summed E-state index contributed by atoms with van der Waals surface area (Å²) < 4.78 is 4.89. The number of hydrogen-bond donors (Lipinski definition) is 2. The minimum absolute atomic E-state index is 0.0446. The third-order valence-corrected chi connectivity index (χ3v) is 10.6. The van der Waals surface area contributed by atoms with Crippen LogP contribution in [0.15, 0.2) is 5.10 Å². The largest absolute Gasteiger partial charge is 0.469 e. The highest BCUT2D eigenvalue weighted by Gasteiger charge is 2.62. The van der Waals surface area contributed by atoms with Crippen LogP contribution in [0, 0.1) is 46.3 Å². The van der Waals surface area contributed by atoms with Crippen LogP contribution in [0.25, 0.3) is 0 Å². The van der Waals surface area contributed by atoms with Crippen LogP contribution >= 0.6 is 0 Å². The van der Waals surface area contributed by atoms with Crippen molar-refractivity contribution >= 4 is 17.7 Å². The molecular formula is C26H43N3O3. The summed E-state index contributed by atoms with van der Waals surface area (Å²) in [5.41, 5.74) is 9.54. The third kappa shape index (κ3) is 3.86. The number of hydrazone groups is 1. The molecule has 2 amide bonds. The topological polar surface area (TPSA) is 93.8 Å². The van der Waals surface area contributed by atoms with Gasteiger partial charge in [-0.05, 0) is 92.3 Å². The van der Waals surface area contributed by atoms with Gasteiger partial charge in [0.25, 0.3) is 0 Å². The Labute approximate surface area is 193 Å². The summed E-state index contributed by atoms with van der Waals surface area (Å²) in [7, 11) is 1.46. The van der Waals surface area contributed by atoms with Gasteiger partial charge in [0, 0.05) is 17.5 Å². The van der Waals surface area contributed by atoms with E-state index in [1.165, 1.54) is 58.5 Å². The van der Waals surface area contributed by atoms with Crippen LogP contribution in [0.1, 0.15) is 91.4 Å². The highest BCUT2D eigenvalue weighted by atomic mass is 16.5. The average Bonchev–Trinajstić information content (AvgIpc) is 3.13. The fourth-order valence-corrected chi connectivity index (χ4v) is 8.90. The fraction of sp³-hybridized carbons (Fsp3) is 0.885. The zero-order valence-corrected chi connectivity index (χ0v) is 20.5. The van der Waals surface area contributed by atoms with Crippen LogP contribution in [0.3, 0.4) is 0 Å². The lowest BCUT2D eigenvalue weighted by Crippen LogP contribution is -2.57. The first-order chi connectivity index (χ1) is 15.2. The van der Waals surface area contributed by atoms with E-state index in [-0.39, 0.29) is 11.4 Å². The zero-order valence-electron chi connectivity index (χ0n) is 20.5. The van der Waals surface area contributed by atoms with E-state index in [2.05, 4.69) is 26.2 Å². The molecule has 0 aromatic carbocycles. The highest BCUT2D eigenvalue weighted by Crippen LogP contribution is 2.67. The number of nitrogens with one attached hydrogen (secondary N) is 1. The number of carbonyl (C=O) groups excluding carboxylic acids is 2. The number of primary amides is 1. The molecule has 180 valence electrons. The quantitative estimate of drug-likeness (QED) is 0.446. The molecule has 3 N–H and O–H groups in total. The number of ether oxygens (including phenoxy) is 1. The number of methoxy groups -OCH3 is 1. The molecule has 0 saturated heterocycles. The molecule has 0 unspecified atom stereocenters. The van der Waals surface area contributed by atoms with Gasteiger partial charge in [0.2, 0.25) is 0 Å². The van der Waals surface area contributed by atoms with E-state index in [0.29, 0.717) is 35.5 Å². The monoisotopic (exact) mass is 445 g/mol. The lowest BCUT2D eigenvalue weighted by Gasteiger charge is -2.61. The first kappa shape index (κ1) is 23.6. The molecule has 4 aliphatic carbocycles. The third-order valence-electron chi connectivity index (χ3n) is 10.6. The van der Waals surface area contributed by atoms with Gasteiger partial charge in [0.15, 0.2) is 0 Å². The molecule has 0 aromatic rings. The molecule has 4 fully saturated rings. The number of rotatable bonds is 5. The Morgan fingerprint density at radius 3 is 2.66 bits per heavy atom. The number of carbonyl (C=O) groups is 2. The van der Waals surface area contributed by atoms with Gasteiger partial charge in [0.1, 0.15) is 0 Å². The maximum absolute atomic E-state index is 11.8. The number of nitrogens with two attached hydrogens (primary N) is 1. The molecular weight excluding hydrogens is 402 g/mol. The van der Waals surface area contributed by atoms with Crippen molar-refractivity contribution in [2.75, 3.05) is 7.11 Å². The molecule has 4 saturated carbocycles. The summed E-state index contributed by atoms with van der Waals surface area (Å²) in [6.07, 6.45) is 12.8. The second-order valence-electron chi connectivity index (χ2n) is 11.7. The van der Waals surface area contributed by atoms with E-state index in [1.807, 2.05) is 0 Å². The van der Waals surface area contributed by atoms with Crippen LogP contribution in [0.5, 0.6) is 0 Å². The van der Waals surface area contributed by atoms with Crippen molar-refractivity contribution in [3.8, 4) is 0 Å². The van der Waals surface area contributed by atoms with Crippen molar-refractivity contribution in [3.63, 3.8) is 0 Å². The van der Waals surface area contributed by atoms with Gasteiger partial charge in [-0.2, -0.15) is 5.10 Å². The summed E-state index contributed by atoms with van der Waals surface area (Å²) >= 11 is 0. The molecule has 6 heteroatoms. The van der Waals surface area contributed by atoms with E-state index in [9.17, 15) is 9.59 Å². The first-order valence-corrected chi connectivity index (χ1v) is 12.9. The van der Waals surface area contributed by atoms with Gasteiger partial charge in [0.05, 0.1) is 7.11 Å². The fourth-order valence-electron chi connectivity index (χ4n) is 8.90.